The molecule has 104 valence electrons. The molecule has 5 nitrogen and oxygen atoms in total. The lowest BCUT2D eigenvalue weighted by Crippen LogP contribution is -2.08. The topological polar surface area (TPSA) is 68.0 Å². The van der Waals surface area contributed by atoms with E-state index in [1.165, 1.54) is 6.08 Å². The fraction of sp³-hybridized carbons (Fsp3) is 0.0625. The highest BCUT2D eigenvalue weighted by atomic mass is 16.3. The van der Waals surface area contributed by atoms with E-state index in [0.717, 1.165) is 16.6 Å². The third-order valence-corrected chi connectivity index (χ3v) is 2.99. The van der Waals surface area contributed by atoms with Gasteiger partial charge in [-0.15, -0.1) is 0 Å². The van der Waals surface area contributed by atoms with Gasteiger partial charge in [0.05, 0.1) is 17.3 Å². The minimum Gasteiger partial charge on any atom is -0.465 e. The van der Waals surface area contributed by atoms with Gasteiger partial charge < -0.3 is 9.73 Å². The van der Waals surface area contributed by atoms with Crippen molar-refractivity contribution in [3.8, 4) is 0 Å². The molecular formula is C16H13N3O2. The highest BCUT2D eigenvalue weighted by molar-refractivity contribution is 6.04. The predicted octanol–water partition coefficient (Wildman–Crippen LogP) is 3.26. The SMILES string of the molecule is CC(=CC(=O)Nc1ccc2nccnc2c1)c1ccco1. The Kier molecular flexibility index (Phi) is 3.47. The molecule has 2 aromatic heterocycles. The molecule has 0 unspecified atom stereocenters. The number of carbonyl (C=O) groups excluding carboxylic acids is 1. The first kappa shape index (κ1) is 13.1. The monoisotopic (exact) mass is 279 g/mol. The first-order valence-electron chi connectivity index (χ1n) is 6.46. The largest absolute Gasteiger partial charge is 0.465 e. The van der Waals surface area contributed by atoms with Gasteiger partial charge in [-0.05, 0) is 42.8 Å². The van der Waals surface area contributed by atoms with Gasteiger partial charge in [0.1, 0.15) is 5.76 Å². The van der Waals surface area contributed by atoms with Gasteiger partial charge in [0.25, 0.3) is 0 Å². The number of nitrogens with one attached hydrogen (secondary N) is 1. The normalized spacial score (nSPS) is 11.6. The van der Waals surface area contributed by atoms with Gasteiger partial charge in [0.15, 0.2) is 0 Å². The van der Waals surface area contributed by atoms with Crippen LogP contribution >= 0.6 is 0 Å². The minimum atomic E-state index is -0.216. The zero-order chi connectivity index (χ0) is 14.7. The van der Waals surface area contributed by atoms with Crippen molar-refractivity contribution in [1.29, 1.82) is 0 Å². The summed E-state index contributed by atoms with van der Waals surface area (Å²) in [6, 6.07) is 9.00. The number of anilines is 1. The molecule has 3 aromatic rings. The maximum absolute atomic E-state index is 12.0. The number of furan rings is 1. The summed E-state index contributed by atoms with van der Waals surface area (Å²) in [4.78, 5) is 20.4. The number of hydrogen-bond donors (Lipinski definition) is 1. The average Bonchev–Trinajstić information content (AvgIpc) is 3.01. The summed E-state index contributed by atoms with van der Waals surface area (Å²) in [5.74, 6) is 0.460. The van der Waals surface area contributed by atoms with E-state index in [4.69, 9.17) is 4.42 Å². The third kappa shape index (κ3) is 2.97. The van der Waals surface area contributed by atoms with E-state index >= 15 is 0 Å². The summed E-state index contributed by atoms with van der Waals surface area (Å²) in [6.45, 7) is 1.82. The Labute approximate surface area is 121 Å². The van der Waals surface area contributed by atoms with Gasteiger partial charge >= 0.3 is 0 Å². The molecule has 0 aliphatic rings. The molecule has 3 rings (SSSR count). The van der Waals surface area contributed by atoms with Crippen molar-refractivity contribution >= 4 is 28.2 Å². The van der Waals surface area contributed by atoms with E-state index in [1.54, 1.807) is 36.9 Å². The molecule has 0 aliphatic carbocycles. The molecule has 0 bridgehead atoms. The number of hydrogen-bond acceptors (Lipinski definition) is 4. The number of benzene rings is 1. The molecule has 1 N–H and O–H groups in total. The highest BCUT2D eigenvalue weighted by Gasteiger charge is 2.04. The molecule has 0 spiro atoms. The van der Waals surface area contributed by atoms with Crippen molar-refractivity contribution in [2.45, 2.75) is 6.92 Å². The van der Waals surface area contributed by atoms with Crippen LogP contribution in [0.5, 0.6) is 0 Å². The average molecular weight is 279 g/mol. The first-order valence-corrected chi connectivity index (χ1v) is 6.46. The van der Waals surface area contributed by atoms with Crippen molar-refractivity contribution in [3.63, 3.8) is 0 Å². The smallest absolute Gasteiger partial charge is 0.248 e. The second kappa shape index (κ2) is 5.58. The zero-order valence-corrected chi connectivity index (χ0v) is 11.4. The first-order chi connectivity index (χ1) is 10.2. The Morgan fingerprint density at radius 1 is 1.19 bits per heavy atom. The lowest BCUT2D eigenvalue weighted by molar-refractivity contribution is -0.111. The Morgan fingerprint density at radius 3 is 2.76 bits per heavy atom. The molecule has 21 heavy (non-hydrogen) atoms. The summed E-state index contributed by atoms with van der Waals surface area (Å²) in [5.41, 5.74) is 2.97. The maximum Gasteiger partial charge on any atom is 0.248 e. The summed E-state index contributed by atoms with van der Waals surface area (Å²) in [7, 11) is 0. The molecule has 5 heteroatoms. The molecule has 0 fully saturated rings. The molecule has 0 saturated heterocycles. The number of rotatable bonds is 3. The van der Waals surface area contributed by atoms with Gasteiger partial charge in [-0.2, -0.15) is 0 Å². The van der Waals surface area contributed by atoms with Gasteiger partial charge in [-0.25, -0.2) is 0 Å². The lowest BCUT2D eigenvalue weighted by atomic mass is 10.2. The fourth-order valence-electron chi connectivity index (χ4n) is 1.99. The second-order valence-corrected chi connectivity index (χ2v) is 4.55. The summed E-state index contributed by atoms with van der Waals surface area (Å²) in [5, 5.41) is 2.80. The van der Waals surface area contributed by atoms with Crippen LogP contribution in [-0.2, 0) is 4.79 Å². The molecule has 1 aromatic carbocycles. The Bertz CT molecular complexity index is 807. The standard InChI is InChI=1S/C16H13N3O2/c1-11(15-3-2-8-21-15)9-16(20)19-12-4-5-13-14(10-12)18-7-6-17-13/h2-10H,1H3,(H,19,20). The van der Waals surface area contributed by atoms with E-state index < -0.39 is 0 Å². The van der Waals surface area contributed by atoms with Crippen LogP contribution < -0.4 is 5.32 Å². The van der Waals surface area contributed by atoms with Crippen molar-refractivity contribution < 1.29 is 9.21 Å². The van der Waals surface area contributed by atoms with E-state index in [2.05, 4.69) is 15.3 Å². The number of fused-ring (bicyclic) bond motifs is 1. The fourth-order valence-corrected chi connectivity index (χ4v) is 1.99. The predicted molar refractivity (Wildman–Crippen MR) is 80.5 cm³/mol. The molecule has 2 heterocycles. The quantitative estimate of drug-likeness (QED) is 0.747. The molecule has 0 aliphatic heterocycles. The van der Waals surface area contributed by atoms with E-state index in [0.29, 0.717) is 11.4 Å². The van der Waals surface area contributed by atoms with Gasteiger partial charge in [-0.1, -0.05) is 0 Å². The van der Waals surface area contributed by atoms with E-state index in [9.17, 15) is 4.79 Å². The van der Waals surface area contributed by atoms with Crippen molar-refractivity contribution in [1.82, 2.24) is 9.97 Å². The van der Waals surface area contributed by atoms with Crippen LogP contribution in [0, 0.1) is 0 Å². The Hall–Kier alpha value is -2.95. The number of amides is 1. The molecule has 1 amide bonds. The molecule has 0 atom stereocenters. The highest BCUT2D eigenvalue weighted by Crippen LogP contribution is 2.17. The Balaban J connectivity index is 1.78. The van der Waals surface area contributed by atoms with Crippen molar-refractivity contribution in [2.75, 3.05) is 5.32 Å². The van der Waals surface area contributed by atoms with Crippen LogP contribution in [-0.4, -0.2) is 15.9 Å². The lowest BCUT2D eigenvalue weighted by Gasteiger charge is -2.04. The molecule has 0 radical (unpaired) electrons. The van der Waals surface area contributed by atoms with Gasteiger partial charge in [0, 0.05) is 24.2 Å². The summed E-state index contributed by atoms with van der Waals surface area (Å²) >= 11 is 0. The summed E-state index contributed by atoms with van der Waals surface area (Å²) < 4.78 is 5.24. The Morgan fingerprint density at radius 2 is 2.00 bits per heavy atom. The number of carbonyl (C=O) groups is 1. The van der Waals surface area contributed by atoms with Crippen LogP contribution in [0.1, 0.15) is 12.7 Å². The number of nitrogens with zero attached hydrogens (tertiary/aromatic N) is 2. The van der Waals surface area contributed by atoms with E-state index in [-0.39, 0.29) is 5.91 Å². The van der Waals surface area contributed by atoms with Crippen LogP contribution in [0.4, 0.5) is 5.69 Å². The zero-order valence-electron chi connectivity index (χ0n) is 11.4. The van der Waals surface area contributed by atoms with Crippen molar-refractivity contribution in [3.05, 3.63) is 60.8 Å². The van der Waals surface area contributed by atoms with Crippen LogP contribution in [0.15, 0.2) is 59.5 Å². The number of allylic oxidation sites excluding steroid dienone is 1. The van der Waals surface area contributed by atoms with E-state index in [1.807, 2.05) is 19.1 Å². The minimum absolute atomic E-state index is 0.216. The van der Waals surface area contributed by atoms with Crippen molar-refractivity contribution in [2.24, 2.45) is 0 Å². The van der Waals surface area contributed by atoms with Crippen LogP contribution in [0.3, 0.4) is 0 Å². The van der Waals surface area contributed by atoms with Crippen LogP contribution in [0.2, 0.25) is 0 Å². The second-order valence-electron chi connectivity index (χ2n) is 4.55. The third-order valence-electron chi connectivity index (χ3n) is 2.99. The number of aromatic nitrogens is 2. The molecule has 0 saturated carbocycles. The maximum atomic E-state index is 12.0. The molecular weight excluding hydrogens is 266 g/mol. The van der Waals surface area contributed by atoms with Gasteiger partial charge in [-0.3, -0.25) is 14.8 Å². The van der Waals surface area contributed by atoms with Crippen LogP contribution in [0.25, 0.3) is 16.6 Å². The van der Waals surface area contributed by atoms with Gasteiger partial charge in [0.2, 0.25) is 5.91 Å². The summed E-state index contributed by atoms with van der Waals surface area (Å²) in [6.07, 6.45) is 6.33.